The van der Waals surface area contributed by atoms with E-state index < -0.39 is 0 Å². The summed E-state index contributed by atoms with van der Waals surface area (Å²) in [6.07, 6.45) is 6.39. The highest BCUT2D eigenvalue weighted by atomic mass is 16.5. The van der Waals surface area contributed by atoms with Crippen molar-refractivity contribution in [3.05, 3.63) is 58.9 Å². The van der Waals surface area contributed by atoms with Crippen LogP contribution in [0.3, 0.4) is 0 Å². The van der Waals surface area contributed by atoms with Gasteiger partial charge in [0.05, 0.1) is 13.7 Å². The number of ether oxygens (including phenoxy) is 1. The van der Waals surface area contributed by atoms with Gasteiger partial charge in [-0.2, -0.15) is 0 Å². The van der Waals surface area contributed by atoms with Crippen LogP contribution in [-0.2, 0) is 29.7 Å². The molecule has 0 radical (unpaired) electrons. The van der Waals surface area contributed by atoms with Gasteiger partial charge in [0.1, 0.15) is 5.75 Å². The standard InChI is InChI=1S/C21H26N2O3/c1-23(15-25)11-9-21(8-7-19-16(13-21)4-3-10-22-19)18-6-5-17(14-24)20(12-18)26-2/h3-6,10,12,15,24H,7-9,11,13-14H2,1-2H3. The molecule has 138 valence electrons. The second-order valence-electron chi connectivity index (χ2n) is 7.09. The fraction of sp³-hybridized carbons (Fsp3) is 0.429. The van der Waals surface area contributed by atoms with E-state index in [4.69, 9.17) is 4.74 Å². The molecule has 1 N–H and O–H groups in total. The summed E-state index contributed by atoms with van der Waals surface area (Å²) in [6.45, 7) is 0.653. The molecule has 26 heavy (non-hydrogen) atoms. The number of aryl methyl sites for hydroxylation is 1. The van der Waals surface area contributed by atoms with Gasteiger partial charge in [0, 0.05) is 36.5 Å². The third-order valence-corrected chi connectivity index (χ3v) is 5.55. The topological polar surface area (TPSA) is 62.7 Å². The first-order valence-corrected chi connectivity index (χ1v) is 8.98. The quantitative estimate of drug-likeness (QED) is 0.776. The molecule has 0 fully saturated rings. The molecule has 1 aromatic heterocycles. The van der Waals surface area contributed by atoms with Crippen molar-refractivity contribution in [1.29, 1.82) is 0 Å². The number of hydrogen-bond donors (Lipinski definition) is 1. The number of carbonyl (C=O) groups is 1. The molecule has 0 spiro atoms. The first-order valence-electron chi connectivity index (χ1n) is 8.98. The lowest BCUT2D eigenvalue weighted by Crippen LogP contribution is -2.37. The second kappa shape index (κ2) is 7.87. The molecule has 5 heteroatoms. The lowest BCUT2D eigenvalue weighted by Gasteiger charge is -2.39. The molecule has 1 aliphatic rings. The monoisotopic (exact) mass is 354 g/mol. The summed E-state index contributed by atoms with van der Waals surface area (Å²) in [4.78, 5) is 17.3. The highest BCUT2D eigenvalue weighted by molar-refractivity contribution is 5.47. The number of hydrogen-bond acceptors (Lipinski definition) is 4. The Morgan fingerprint density at radius 1 is 1.38 bits per heavy atom. The minimum atomic E-state index is -0.0748. The lowest BCUT2D eigenvalue weighted by atomic mass is 9.66. The number of amides is 1. The summed E-state index contributed by atoms with van der Waals surface area (Å²) < 4.78 is 5.49. The van der Waals surface area contributed by atoms with Crippen molar-refractivity contribution in [2.45, 2.75) is 37.7 Å². The Labute approximate surface area is 154 Å². The normalized spacial score (nSPS) is 18.9. The highest BCUT2D eigenvalue weighted by Gasteiger charge is 2.37. The van der Waals surface area contributed by atoms with Crippen LogP contribution in [0.4, 0.5) is 0 Å². The Bertz CT molecular complexity index is 778. The van der Waals surface area contributed by atoms with Crippen LogP contribution in [0.5, 0.6) is 5.75 Å². The van der Waals surface area contributed by atoms with Gasteiger partial charge in [-0.1, -0.05) is 18.2 Å². The molecule has 0 aliphatic heterocycles. The van der Waals surface area contributed by atoms with Gasteiger partial charge >= 0.3 is 0 Å². The van der Waals surface area contributed by atoms with Crippen molar-refractivity contribution in [2.75, 3.05) is 20.7 Å². The molecule has 1 aromatic carbocycles. The second-order valence-corrected chi connectivity index (χ2v) is 7.09. The number of methoxy groups -OCH3 is 1. The number of benzene rings is 1. The van der Waals surface area contributed by atoms with Gasteiger partial charge in [-0.3, -0.25) is 9.78 Å². The molecule has 0 bridgehead atoms. The van der Waals surface area contributed by atoms with Crippen LogP contribution in [0, 0.1) is 0 Å². The molecule has 1 unspecified atom stereocenters. The van der Waals surface area contributed by atoms with E-state index in [2.05, 4.69) is 17.1 Å². The number of rotatable bonds is 7. The van der Waals surface area contributed by atoms with Crippen LogP contribution in [0.1, 0.15) is 35.2 Å². The zero-order valence-corrected chi connectivity index (χ0v) is 15.4. The fourth-order valence-electron chi connectivity index (χ4n) is 3.92. The number of aromatic nitrogens is 1. The Hall–Kier alpha value is -2.40. The molecule has 5 nitrogen and oxygen atoms in total. The van der Waals surface area contributed by atoms with Gasteiger partial charge in [0.25, 0.3) is 0 Å². The summed E-state index contributed by atoms with van der Waals surface area (Å²) in [5.74, 6) is 0.713. The van der Waals surface area contributed by atoms with Crippen molar-refractivity contribution in [2.24, 2.45) is 0 Å². The average Bonchev–Trinajstić information content (AvgIpc) is 2.71. The van der Waals surface area contributed by atoms with Crippen molar-refractivity contribution in [3.8, 4) is 5.75 Å². The van der Waals surface area contributed by atoms with E-state index >= 15 is 0 Å². The summed E-state index contributed by atoms with van der Waals surface area (Å²) in [5.41, 5.74) is 4.35. The van der Waals surface area contributed by atoms with E-state index in [0.717, 1.165) is 37.7 Å². The maximum absolute atomic E-state index is 11.1. The Morgan fingerprint density at radius 3 is 2.96 bits per heavy atom. The summed E-state index contributed by atoms with van der Waals surface area (Å²) in [5, 5.41) is 9.52. The molecular weight excluding hydrogens is 328 g/mol. The minimum absolute atomic E-state index is 0.0446. The van der Waals surface area contributed by atoms with Crippen molar-refractivity contribution < 1.29 is 14.6 Å². The van der Waals surface area contributed by atoms with Crippen LogP contribution >= 0.6 is 0 Å². The van der Waals surface area contributed by atoms with Gasteiger partial charge in [-0.25, -0.2) is 0 Å². The van der Waals surface area contributed by atoms with E-state index in [1.807, 2.05) is 31.4 Å². The van der Waals surface area contributed by atoms with E-state index in [-0.39, 0.29) is 12.0 Å². The lowest BCUT2D eigenvalue weighted by molar-refractivity contribution is -0.117. The molecule has 0 saturated carbocycles. The Balaban J connectivity index is 2.00. The molecule has 2 aromatic rings. The average molecular weight is 354 g/mol. The van der Waals surface area contributed by atoms with Crippen molar-refractivity contribution in [1.82, 2.24) is 9.88 Å². The van der Waals surface area contributed by atoms with Crippen LogP contribution < -0.4 is 4.74 Å². The third kappa shape index (κ3) is 3.58. The SMILES string of the molecule is COc1cc(C2(CCN(C)C=O)CCc3ncccc3C2)ccc1CO. The summed E-state index contributed by atoms with van der Waals surface area (Å²) in [6, 6.07) is 10.2. The van der Waals surface area contributed by atoms with Gasteiger partial charge in [-0.05, 0) is 48.9 Å². The highest BCUT2D eigenvalue weighted by Crippen LogP contribution is 2.42. The van der Waals surface area contributed by atoms with E-state index in [9.17, 15) is 9.90 Å². The van der Waals surface area contributed by atoms with E-state index in [1.54, 1.807) is 12.0 Å². The van der Waals surface area contributed by atoms with E-state index in [1.165, 1.54) is 16.8 Å². The molecule has 3 rings (SSSR count). The number of nitrogens with zero attached hydrogens (tertiary/aromatic N) is 2. The van der Waals surface area contributed by atoms with Gasteiger partial charge in [0.2, 0.25) is 6.41 Å². The molecular formula is C21H26N2O3. The van der Waals surface area contributed by atoms with Crippen molar-refractivity contribution in [3.63, 3.8) is 0 Å². The van der Waals surface area contributed by atoms with Crippen LogP contribution in [0.15, 0.2) is 36.5 Å². The zero-order valence-electron chi connectivity index (χ0n) is 15.4. The molecule has 0 saturated heterocycles. The minimum Gasteiger partial charge on any atom is -0.496 e. The van der Waals surface area contributed by atoms with Crippen LogP contribution in [0.25, 0.3) is 0 Å². The maximum atomic E-state index is 11.1. The van der Waals surface area contributed by atoms with Gasteiger partial charge in [-0.15, -0.1) is 0 Å². The zero-order chi connectivity index (χ0) is 18.6. The number of carbonyl (C=O) groups excluding carboxylic acids is 1. The maximum Gasteiger partial charge on any atom is 0.209 e. The Kier molecular flexibility index (Phi) is 5.57. The number of aliphatic hydroxyl groups is 1. The predicted octanol–water partition coefficient (Wildman–Crippen LogP) is 2.49. The third-order valence-electron chi connectivity index (χ3n) is 5.55. The van der Waals surface area contributed by atoms with Crippen molar-refractivity contribution >= 4 is 6.41 Å². The smallest absolute Gasteiger partial charge is 0.209 e. The van der Waals surface area contributed by atoms with E-state index in [0.29, 0.717) is 12.3 Å². The Morgan fingerprint density at radius 2 is 2.23 bits per heavy atom. The largest absolute Gasteiger partial charge is 0.496 e. The summed E-state index contributed by atoms with van der Waals surface area (Å²) in [7, 11) is 3.44. The fourth-order valence-corrected chi connectivity index (χ4v) is 3.92. The first-order chi connectivity index (χ1) is 12.6. The first kappa shape index (κ1) is 18.4. The number of fused-ring (bicyclic) bond motifs is 1. The molecule has 1 amide bonds. The van der Waals surface area contributed by atoms with Gasteiger partial charge in [0.15, 0.2) is 0 Å². The molecule has 1 heterocycles. The van der Waals surface area contributed by atoms with Crippen LogP contribution in [-0.4, -0.2) is 42.1 Å². The predicted molar refractivity (Wildman–Crippen MR) is 100 cm³/mol. The number of pyridine rings is 1. The molecule has 1 aliphatic carbocycles. The number of aliphatic hydroxyl groups excluding tert-OH is 1. The van der Waals surface area contributed by atoms with Gasteiger partial charge < -0.3 is 14.7 Å². The van der Waals surface area contributed by atoms with Crippen LogP contribution in [0.2, 0.25) is 0 Å². The summed E-state index contributed by atoms with van der Waals surface area (Å²) >= 11 is 0. The molecule has 1 atom stereocenters.